The van der Waals surface area contributed by atoms with Gasteiger partial charge in [-0.1, -0.05) is 18.2 Å². The van der Waals surface area contributed by atoms with Crippen LogP contribution in [-0.4, -0.2) is 66.7 Å². The van der Waals surface area contributed by atoms with Gasteiger partial charge in [0.25, 0.3) is 5.91 Å². The van der Waals surface area contributed by atoms with Crippen molar-refractivity contribution in [2.45, 2.75) is 13.5 Å². The molecule has 0 unspecified atom stereocenters. The van der Waals surface area contributed by atoms with Crippen molar-refractivity contribution in [2.24, 2.45) is 0 Å². The number of rotatable bonds is 6. The second kappa shape index (κ2) is 9.77. The van der Waals surface area contributed by atoms with E-state index in [2.05, 4.69) is 10.3 Å². The first-order valence-electron chi connectivity index (χ1n) is 9.65. The summed E-state index contributed by atoms with van der Waals surface area (Å²) in [5, 5.41) is 3.24. The lowest BCUT2D eigenvalue weighted by molar-refractivity contribution is 0.0570. The first-order valence-corrected chi connectivity index (χ1v) is 9.65. The molecule has 1 N–H and O–H groups in total. The lowest BCUT2D eigenvalue weighted by Crippen LogP contribution is -2.50. The van der Waals surface area contributed by atoms with Gasteiger partial charge in [-0.05, 0) is 25.1 Å². The van der Waals surface area contributed by atoms with Gasteiger partial charge in [0, 0.05) is 50.0 Å². The number of hydrogen-bond donors (Lipinski definition) is 1. The Morgan fingerprint density at radius 1 is 1.10 bits per heavy atom. The van der Waals surface area contributed by atoms with E-state index < -0.39 is 0 Å². The van der Waals surface area contributed by atoms with Crippen molar-refractivity contribution < 1.29 is 19.1 Å². The molecule has 2 amide bonds. The van der Waals surface area contributed by atoms with Gasteiger partial charge >= 0.3 is 6.09 Å². The number of pyridine rings is 1. The predicted molar refractivity (Wildman–Crippen MR) is 109 cm³/mol. The van der Waals surface area contributed by atoms with Crippen LogP contribution >= 0.6 is 0 Å². The number of methoxy groups -OCH3 is 1. The minimum Gasteiger partial charge on any atom is -0.496 e. The third kappa shape index (κ3) is 5.16. The van der Waals surface area contributed by atoms with Crippen LogP contribution in [0.1, 0.15) is 22.8 Å². The molecule has 29 heavy (non-hydrogen) atoms. The maximum absolute atomic E-state index is 12.8. The molecule has 1 aromatic carbocycles. The highest BCUT2D eigenvalue weighted by Gasteiger charge is 2.25. The van der Waals surface area contributed by atoms with Crippen LogP contribution in [0, 0.1) is 0 Å². The molecule has 0 aliphatic carbocycles. The molecule has 8 nitrogen and oxygen atoms in total. The molecule has 154 valence electrons. The van der Waals surface area contributed by atoms with Gasteiger partial charge in [0.1, 0.15) is 11.6 Å². The molecule has 1 aliphatic heterocycles. The molecule has 3 rings (SSSR count). The number of carbonyl (C=O) groups is 2. The highest BCUT2D eigenvalue weighted by molar-refractivity contribution is 5.95. The van der Waals surface area contributed by atoms with Gasteiger partial charge in [-0.15, -0.1) is 0 Å². The molecule has 8 heteroatoms. The van der Waals surface area contributed by atoms with Crippen LogP contribution in [0.5, 0.6) is 5.75 Å². The molecule has 1 aromatic heterocycles. The lowest BCUT2D eigenvalue weighted by atomic mass is 10.2. The van der Waals surface area contributed by atoms with Crippen molar-refractivity contribution in [3.63, 3.8) is 0 Å². The van der Waals surface area contributed by atoms with E-state index in [9.17, 15) is 9.59 Å². The summed E-state index contributed by atoms with van der Waals surface area (Å²) in [6.45, 7) is 4.55. The van der Waals surface area contributed by atoms with Crippen molar-refractivity contribution >= 4 is 17.8 Å². The van der Waals surface area contributed by atoms with E-state index in [1.165, 1.54) is 0 Å². The molecule has 1 saturated heterocycles. The van der Waals surface area contributed by atoms with Gasteiger partial charge in [-0.25, -0.2) is 9.78 Å². The number of carbonyl (C=O) groups excluding carboxylic acids is 2. The summed E-state index contributed by atoms with van der Waals surface area (Å²) in [5.74, 6) is 1.34. The number of nitrogens with one attached hydrogen (secondary N) is 1. The van der Waals surface area contributed by atoms with Crippen molar-refractivity contribution in [3.05, 3.63) is 53.7 Å². The molecule has 1 fully saturated rings. The zero-order chi connectivity index (χ0) is 20.6. The van der Waals surface area contributed by atoms with Crippen LogP contribution in [0.3, 0.4) is 0 Å². The van der Waals surface area contributed by atoms with Crippen molar-refractivity contribution in [1.82, 2.24) is 14.8 Å². The van der Waals surface area contributed by atoms with Gasteiger partial charge < -0.3 is 24.6 Å². The summed E-state index contributed by atoms with van der Waals surface area (Å²) in [4.78, 5) is 32.3. The third-order valence-electron chi connectivity index (χ3n) is 4.75. The Labute approximate surface area is 170 Å². The van der Waals surface area contributed by atoms with Crippen LogP contribution in [0.4, 0.5) is 10.6 Å². The molecule has 1 aliphatic rings. The van der Waals surface area contributed by atoms with Crippen molar-refractivity contribution in [2.75, 3.05) is 45.2 Å². The number of piperazine rings is 1. The lowest BCUT2D eigenvalue weighted by Gasteiger charge is -2.34. The fraction of sp³-hybridized carbons (Fsp3) is 0.381. The molecule has 0 radical (unpaired) electrons. The Morgan fingerprint density at radius 2 is 1.83 bits per heavy atom. The fourth-order valence-corrected chi connectivity index (χ4v) is 3.18. The van der Waals surface area contributed by atoms with Gasteiger partial charge in [0.15, 0.2) is 0 Å². The Hall–Kier alpha value is -3.29. The smallest absolute Gasteiger partial charge is 0.409 e. The molecule has 2 aromatic rings. The van der Waals surface area contributed by atoms with Gasteiger partial charge in [0.2, 0.25) is 0 Å². The normalized spacial score (nSPS) is 13.7. The SMILES string of the molecule is CCOC(=O)N1CCN(C(=O)c2ccnc(NCc3ccccc3OC)c2)CC1. The number of anilines is 1. The van der Waals surface area contributed by atoms with Crippen molar-refractivity contribution in [1.29, 1.82) is 0 Å². The van der Waals surface area contributed by atoms with E-state index in [0.29, 0.717) is 50.7 Å². The van der Waals surface area contributed by atoms with Crippen LogP contribution in [0.2, 0.25) is 0 Å². The summed E-state index contributed by atoms with van der Waals surface area (Å²) in [7, 11) is 1.64. The summed E-state index contributed by atoms with van der Waals surface area (Å²) in [6, 6.07) is 11.2. The fourth-order valence-electron chi connectivity index (χ4n) is 3.18. The second-order valence-corrected chi connectivity index (χ2v) is 6.57. The number of ether oxygens (including phenoxy) is 2. The first-order chi connectivity index (χ1) is 14.1. The van der Waals surface area contributed by atoms with Gasteiger partial charge in [-0.2, -0.15) is 0 Å². The standard InChI is InChI=1S/C21H26N4O4/c1-3-29-21(27)25-12-10-24(11-13-25)20(26)16-8-9-22-19(14-16)23-15-17-6-4-5-7-18(17)28-2/h4-9,14H,3,10-13,15H2,1-2H3,(H,22,23). The van der Waals surface area contributed by atoms with E-state index in [1.54, 1.807) is 42.2 Å². The maximum Gasteiger partial charge on any atom is 0.409 e. The van der Waals surface area contributed by atoms with E-state index in [4.69, 9.17) is 9.47 Å². The number of benzene rings is 1. The topological polar surface area (TPSA) is 84.0 Å². The number of amides is 2. The Bertz CT molecular complexity index is 850. The summed E-state index contributed by atoms with van der Waals surface area (Å²) < 4.78 is 10.4. The number of nitrogens with zero attached hydrogens (tertiary/aromatic N) is 3. The van der Waals surface area contributed by atoms with Crippen molar-refractivity contribution in [3.8, 4) is 5.75 Å². The average molecular weight is 398 g/mol. The third-order valence-corrected chi connectivity index (χ3v) is 4.75. The molecular formula is C21H26N4O4. The summed E-state index contributed by atoms with van der Waals surface area (Å²) >= 11 is 0. The Kier molecular flexibility index (Phi) is 6.89. The molecule has 2 heterocycles. The van der Waals surface area contributed by atoms with E-state index in [-0.39, 0.29) is 12.0 Å². The van der Waals surface area contributed by atoms with E-state index >= 15 is 0 Å². The minimum absolute atomic E-state index is 0.0729. The average Bonchev–Trinajstić information content (AvgIpc) is 2.78. The zero-order valence-corrected chi connectivity index (χ0v) is 16.8. The molecule has 0 saturated carbocycles. The minimum atomic E-state index is -0.327. The van der Waals surface area contributed by atoms with Crippen LogP contribution < -0.4 is 10.1 Å². The molecular weight excluding hydrogens is 372 g/mol. The predicted octanol–water partition coefficient (Wildman–Crippen LogP) is 2.62. The Balaban J connectivity index is 1.59. The second-order valence-electron chi connectivity index (χ2n) is 6.57. The Morgan fingerprint density at radius 3 is 2.55 bits per heavy atom. The first kappa shape index (κ1) is 20.4. The molecule has 0 atom stereocenters. The van der Waals surface area contributed by atoms with Crippen LogP contribution in [0.25, 0.3) is 0 Å². The largest absolute Gasteiger partial charge is 0.496 e. The monoisotopic (exact) mass is 398 g/mol. The summed E-state index contributed by atoms with van der Waals surface area (Å²) in [5.41, 5.74) is 1.57. The summed E-state index contributed by atoms with van der Waals surface area (Å²) in [6.07, 6.45) is 1.29. The zero-order valence-electron chi connectivity index (χ0n) is 16.8. The molecule has 0 spiro atoms. The maximum atomic E-state index is 12.8. The highest BCUT2D eigenvalue weighted by atomic mass is 16.6. The highest BCUT2D eigenvalue weighted by Crippen LogP contribution is 2.19. The van der Waals surface area contributed by atoms with Crippen LogP contribution in [-0.2, 0) is 11.3 Å². The quantitative estimate of drug-likeness (QED) is 0.805. The number of para-hydroxylation sites is 1. The van der Waals surface area contributed by atoms with E-state index in [0.717, 1.165) is 11.3 Å². The van der Waals surface area contributed by atoms with Gasteiger partial charge in [0.05, 0.1) is 13.7 Å². The van der Waals surface area contributed by atoms with Crippen LogP contribution in [0.15, 0.2) is 42.6 Å². The van der Waals surface area contributed by atoms with Gasteiger partial charge in [-0.3, -0.25) is 4.79 Å². The van der Waals surface area contributed by atoms with E-state index in [1.807, 2.05) is 24.3 Å². The molecule has 0 bridgehead atoms. The number of aromatic nitrogens is 1. The number of hydrogen-bond acceptors (Lipinski definition) is 6.